The van der Waals surface area contributed by atoms with Crippen LogP contribution in [0.3, 0.4) is 0 Å². The fourth-order valence-corrected chi connectivity index (χ4v) is 3.36. The topological polar surface area (TPSA) is 15.3 Å². The second kappa shape index (κ2) is 6.59. The van der Waals surface area contributed by atoms with Gasteiger partial charge in [-0.1, -0.05) is 42.5 Å². The van der Waals surface area contributed by atoms with Crippen molar-refractivity contribution in [2.24, 2.45) is 0 Å². The summed E-state index contributed by atoms with van der Waals surface area (Å²) in [5.41, 5.74) is 1.43. The molecule has 0 aliphatic carbocycles. The van der Waals surface area contributed by atoms with Gasteiger partial charge in [0, 0.05) is 12.1 Å². The lowest BCUT2D eigenvalue weighted by Crippen LogP contribution is -2.44. The van der Waals surface area contributed by atoms with E-state index < -0.39 is 0 Å². The Hall–Kier alpha value is -1.38. The van der Waals surface area contributed by atoms with Crippen molar-refractivity contribution in [3.8, 4) is 0 Å². The first-order valence-corrected chi connectivity index (χ1v) is 8.13. The maximum Gasteiger partial charge on any atom is 0.00940 e. The molecule has 0 saturated carbocycles. The van der Waals surface area contributed by atoms with Gasteiger partial charge in [-0.3, -0.25) is 0 Å². The highest BCUT2D eigenvalue weighted by molar-refractivity contribution is 5.82. The van der Waals surface area contributed by atoms with Crippen molar-refractivity contribution in [2.75, 3.05) is 20.1 Å². The number of hydrogen-bond donors (Lipinski definition) is 1. The number of nitrogens with one attached hydrogen (secondary N) is 1. The molecule has 0 aromatic heterocycles. The van der Waals surface area contributed by atoms with Crippen molar-refractivity contribution in [3.05, 3.63) is 48.0 Å². The summed E-state index contributed by atoms with van der Waals surface area (Å²) < 4.78 is 0. The number of hydrogen-bond acceptors (Lipinski definition) is 2. The highest BCUT2D eigenvalue weighted by Gasteiger charge is 2.18. The highest BCUT2D eigenvalue weighted by Crippen LogP contribution is 2.17. The van der Waals surface area contributed by atoms with E-state index >= 15 is 0 Å². The van der Waals surface area contributed by atoms with E-state index in [0.29, 0.717) is 12.1 Å². The number of likely N-dealkylation sites (tertiary alicyclic amines) is 1. The van der Waals surface area contributed by atoms with E-state index in [1.54, 1.807) is 0 Å². The summed E-state index contributed by atoms with van der Waals surface area (Å²) in [6, 6.07) is 16.7. The summed E-state index contributed by atoms with van der Waals surface area (Å²) in [4.78, 5) is 2.42. The molecule has 1 atom stereocenters. The molecule has 1 heterocycles. The minimum absolute atomic E-state index is 0.541. The molecular weight excluding hydrogens is 256 g/mol. The molecule has 1 aliphatic heterocycles. The monoisotopic (exact) mass is 282 g/mol. The molecule has 1 fully saturated rings. The molecule has 0 radical (unpaired) electrons. The molecule has 2 nitrogen and oxygen atoms in total. The van der Waals surface area contributed by atoms with E-state index in [0.717, 1.165) is 6.42 Å². The van der Waals surface area contributed by atoms with Crippen molar-refractivity contribution >= 4 is 10.8 Å². The Morgan fingerprint density at radius 3 is 2.57 bits per heavy atom. The van der Waals surface area contributed by atoms with Crippen LogP contribution in [0.25, 0.3) is 10.8 Å². The summed E-state index contributed by atoms with van der Waals surface area (Å²) in [7, 11) is 2.22. The van der Waals surface area contributed by atoms with E-state index in [1.807, 2.05) is 0 Å². The SMILES string of the molecule is CC(Cc1ccc2ccccc2c1)NC1CCN(C)CC1. The zero-order chi connectivity index (χ0) is 14.7. The van der Waals surface area contributed by atoms with Gasteiger partial charge in [-0.15, -0.1) is 0 Å². The molecule has 21 heavy (non-hydrogen) atoms. The fourth-order valence-electron chi connectivity index (χ4n) is 3.36. The third-order valence-electron chi connectivity index (χ3n) is 4.59. The zero-order valence-corrected chi connectivity index (χ0v) is 13.2. The van der Waals surface area contributed by atoms with Crippen LogP contribution in [0, 0.1) is 0 Å². The summed E-state index contributed by atoms with van der Waals surface area (Å²) in [6.07, 6.45) is 3.66. The Bertz CT molecular complexity index is 585. The Morgan fingerprint density at radius 2 is 1.81 bits per heavy atom. The first-order valence-electron chi connectivity index (χ1n) is 8.13. The van der Waals surface area contributed by atoms with Crippen molar-refractivity contribution in [1.82, 2.24) is 10.2 Å². The van der Waals surface area contributed by atoms with Crippen LogP contribution in [0.4, 0.5) is 0 Å². The van der Waals surface area contributed by atoms with Crippen LogP contribution in [0.1, 0.15) is 25.3 Å². The third-order valence-corrected chi connectivity index (χ3v) is 4.59. The quantitative estimate of drug-likeness (QED) is 0.924. The molecule has 0 spiro atoms. The molecule has 2 aromatic carbocycles. The normalized spacial score (nSPS) is 19.0. The standard InChI is InChI=1S/C19H26N2/c1-15(20-19-9-11-21(2)12-10-19)13-16-7-8-17-5-3-4-6-18(17)14-16/h3-8,14-15,19-20H,9-13H2,1-2H3. The van der Waals surface area contributed by atoms with Crippen LogP contribution in [0.2, 0.25) is 0 Å². The average Bonchev–Trinajstić information content (AvgIpc) is 2.49. The smallest absolute Gasteiger partial charge is 0.00940 e. The molecule has 1 unspecified atom stereocenters. The van der Waals surface area contributed by atoms with E-state index in [4.69, 9.17) is 0 Å². The van der Waals surface area contributed by atoms with Crippen LogP contribution in [0.5, 0.6) is 0 Å². The van der Waals surface area contributed by atoms with Gasteiger partial charge in [-0.05, 0) is 62.7 Å². The molecule has 112 valence electrons. The van der Waals surface area contributed by atoms with E-state index in [1.165, 1.54) is 42.3 Å². The minimum atomic E-state index is 0.541. The highest BCUT2D eigenvalue weighted by atomic mass is 15.1. The lowest BCUT2D eigenvalue weighted by molar-refractivity contribution is 0.226. The largest absolute Gasteiger partial charge is 0.311 e. The maximum atomic E-state index is 3.81. The molecular formula is C19H26N2. The van der Waals surface area contributed by atoms with Gasteiger partial charge in [0.25, 0.3) is 0 Å². The van der Waals surface area contributed by atoms with Crippen molar-refractivity contribution in [3.63, 3.8) is 0 Å². The van der Waals surface area contributed by atoms with Gasteiger partial charge in [-0.25, -0.2) is 0 Å². The first kappa shape index (κ1) is 14.6. The molecule has 0 amide bonds. The van der Waals surface area contributed by atoms with Gasteiger partial charge in [0.15, 0.2) is 0 Å². The van der Waals surface area contributed by atoms with Crippen molar-refractivity contribution < 1.29 is 0 Å². The van der Waals surface area contributed by atoms with E-state index in [9.17, 15) is 0 Å². The van der Waals surface area contributed by atoms with Crippen LogP contribution >= 0.6 is 0 Å². The lowest BCUT2D eigenvalue weighted by Gasteiger charge is -2.31. The predicted molar refractivity (Wildman–Crippen MR) is 90.8 cm³/mol. The molecule has 3 rings (SSSR count). The summed E-state index contributed by atoms with van der Waals surface area (Å²) in [5.74, 6) is 0. The Kier molecular flexibility index (Phi) is 4.57. The third kappa shape index (κ3) is 3.84. The molecule has 1 N–H and O–H groups in total. The predicted octanol–water partition coefficient (Wildman–Crippen LogP) is 3.45. The first-order chi connectivity index (χ1) is 10.2. The van der Waals surface area contributed by atoms with Crippen LogP contribution in [0.15, 0.2) is 42.5 Å². The molecule has 1 aliphatic rings. The summed E-state index contributed by atoms with van der Waals surface area (Å²) >= 11 is 0. The van der Waals surface area contributed by atoms with Crippen molar-refractivity contribution in [2.45, 2.75) is 38.3 Å². The van der Waals surface area contributed by atoms with Gasteiger partial charge >= 0.3 is 0 Å². The second-order valence-electron chi connectivity index (χ2n) is 6.53. The average molecular weight is 282 g/mol. The van der Waals surface area contributed by atoms with E-state index in [2.05, 4.69) is 66.7 Å². The second-order valence-corrected chi connectivity index (χ2v) is 6.53. The number of benzene rings is 2. The minimum Gasteiger partial charge on any atom is -0.311 e. The van der Waals surface area contributed by atoms with Gasteiger partial charge in [0.05, 0.1) is 0 Å². The number of rotatable bonds is 4. The van der Waals surface area contributed by atoms with Crippen LogP contribution in [-0.2, 0) is 6.42 Å². The van der Waals surface area contributed by atoms with Crippen LogP contribution in [-0.4, -0.2) is 37.1 Å². The zero-order valence-electron chi connectivity index (χ0n) is 13.2. The Morgan fingerprint density at radius 1 is 1.10 bits per heavy atom. The number of fused-ring (bicyclic) bond motifs is 1. The summed E-state index contributed by atoms with van der Waals surface area (Å²) in [5, 5.41) is 6.49. The van der Waals surface area contributed by atoms with E-state index in [-0.39, 0.29) is 0 Å². The molecule has 1 saturated heterocycles. The lowest BCUT2D eigenvalue weighted by atomic mass is 10.00. The van der Waals surface area contributed by atoms with Gasteiger partial charge in [-0.2, -0.15) is 0 Å². The Balaban J connectivity index is 1.59. The molecule has 2 heteroatoms. The van der Waals surface area contributed by atoms with Gasteiger partial charge in [0.2, 0.25) is 0 Å². The Labute approximate surface area is 128 Å². The van der Waals surface area contributed by atoms with Crippen molar-refractivity contribution in [1.29, 1.82) is 0 Å². The van der Waals surface area contributed by atoms with Gasteiger partial charge in [0.1, 0.15) is 0 Å². The fraction of sp³-hybridized carbons (Fsp3) is 0.474. The molecule has 0 bridgehead atoms. The molecule has 2 aromatic rings. The maximum absolute atomic E-state index is 3.81. The number of nitrogens with zero attached hydrogens (tertiary/aromatic N) is 1. The van der Waals surface area contributed by atoms with Gasteiger partial charge < -0.3 is 10.2 Å². The summed E-state index contributed by atoms with van der Waals surface area (Å²) in [6.45, 7) is 4.76. The number of piperidine rings is 1. The van der Waals surface area contributed by atoms with Crippen LogP contribution < -0.4 is 5.32 Å².